The van der Waals surface area contributed by atoms with Gasteiger partial charge in [-0.3, -0.25) is 4.98 Å². The van der Waals surface area contributed by atoms with Crippen LogP contribution in [0.15, 0.2) is 18.5 Å². The Morgan fingerprint density at radius 1 is 1.57 bits per heavy atom. The van der Waals surface area contributed by atoms with Crippen molar-refractivity contribution < 1.29 is 14.2 Å². The molecule has 0 saturated heterocycles. The summed E-state index contributed by atoms with van der Waals surface area (Å²) in [5, 5.41) is 9.71. The Kier molecular flexibility index (Phi) is 3.98. The van der Waals surface area contributed by atoms with Gasteiger partial charge in [0.15, 0.2) is 0 Å². The fourth-order valence-corrected chi connectivity index (χ4v) is 1.22. The molecule has 2 atom stereocenters. The Bertz CT molecular complexity index is 293. The van der Waals surface area contributed by atoms with Crippen LogP contribution in [0.25, 0.3) is 0 Å². The van der Waals surface area contributed by atoms with E-state index in [4.69, 9.17) is 4.74 Å². The molecule has 0 radical (unpaired) electrons. The standard InChI is InChI=1S/C10H14FNO2/c1-3-14-7(2)10(13)8-4-9(11)6-12-5-8/h4-7,10,13H,3H2,1-2H3. The van der Waals surface area contributed by atoms with Gasteiger partial charge in [0.05, 0.1) is 12.3 Å². The summed E-state index contributed by atoms with van der Waals surface area (Å²) in [7, 11) is 0. The molecule has 1 N–H and O–H groups in total. The molecule has 3 nitrogen and oxygen atoms in total. The van der Waals surface area contributed by atoms with E-state index in [9.17, 15) is 9.50 Å². The molecule has 14 heavy (non-hydrogen) atoms. The second-order valence-corrected chi connectivity index (χ2v) is 3.04. The van der Waals surface area contributed by atoms with Gasteiger partial charge in [-0.2, -0.15) is 0 Å². The molecular weight excluding hydrogens is 185 g/mol. The maximum atomic E-state index is 12.8. The van der Waals surface area contributed by atoms with E-state index >= 15 is 0 Å². The number of hydrogen-bond acceptors (Lipinski definition) is 3. The molecule has 0 bridgehead atoms. The topological polar surface area (TPSA) is 42.4 Å². The lowest BCUT2D eigenvalue weighted by atomic mass is 10.1. The van der Waals surface area contributed by atoms with Crippen molar-refractivity contribution in [2.75, 3.05) is 6.61 Å². The van der Waals surface area contributed by atoms with E-state index in [2.05, 4.69) is 4.98 Å². The zero-order chi connectivity index (χ0) is 10.6. The van der Waals surface area contributed by atoms with Gasteiger partial charge in [0.25, 0.3) is 0 Å². The van der Waals surface area contributed by atoms with Crippen LogP contribution in [0.2, 0.25) is 0 Å². The van der Waals surface area contributed by atoms with E-state index in [0.717, 1.165) is 6.20 Å². The predicted molar refractivity (Wildman–Crippen MR) is 50.2 cm³/mol. The Morgan fingerprint density at radius 2 is 2.29 bits per heavy atom. The van der Waals surface area contributed by atoms with E-state index in [0.29, 0.717) is 12.2 Å². The van der Waals surface area contributed by atoms with E-state index < -0.39 is 11.9 Å². The molecule has 0 aliphatic heterocycles. The van der Waals surface area contributed by atoms with Crippen molar-refractivity contribution in [1.29, 1.82) is 0 Å². The van der Waals surface area contributed by atoms with E-state index in [-0.39, 0.29) is 6.10 Å². The predicted octanol–water partition coefficient (Wildman–Crippen LogP) is 1.68. The normalized spacial score (nSPS) is 15.1. The highest BCUT2D eigenvalue weighted by Gasteiger charge is 2.16. The first kappa shape index (κ1) is 11.1. The Morgan fingerprint density at radius 3 is 2.86 bits per heavy atom. The highest BCUT2D eigenvalue weighted by atomic mass is 19.1. The zero-order valence-corrected chi connectivity index (χ0v) is 8.27. The number of aromatic nitrogens is 1. The molecular formula is C10H14FNO2. The lowest BCUT2D eigenvalue weighted by Gasteiger charge is -2.18. The number of rotatable bonds is 4. The number of aliphatic hydroxyl groups excluding tert-OH is 1. The second-order valence-electron chi connectivity index (χ2n) is 3.04. The molecule has 4 heteroatoms. The summed E-state index contributed by atoms with van der Waals surface area (Å²) in [6.45, 7) is 4.09. The van der Waals surface area contributed by atoms with Crippen LogP contribution in [0.4, 0.5) is 4.39 Å². The summed E-state index contributed by atoms with van der Waals surface area (Å²) in [4.78, 5) is 3.66. The molecule has 0 aliphatic carbocycles. The van der Waals surface area contributed by atoms with Gasteiger partial charge in [0.1, 0.15) is 11.9 Å². The maximum absolute atomic E-state index is 12.8. The van der Waals surface area contributed by atoms with Crippen molar-refractivity contribution >= 4 is 0 Å². The van der Waals surface area contributed by atoms with E-state index in [1.165, 1.54) is 12.3 Å². The third-order valence-corrected chi connectivity index (χ3v) is 1.94. The van der Waals surface area contributed by atoms with Crippen LogP contribution in [0, 0.1) is 5.82 Å². The van der Waals surface area contributed by atoms with Gasteiger partial charge >= 0.3 is 0 Å². The molecule has 0 aromatic carbocycles. The number of aliphatic hydroxyl groups is 1. The Balaban J connectivity index is 2.73. The number of hydrogen-bond donors (Lipinski definition) is 1. The molecule has 0 aliphatic rings. The molecule has 0 fully saturated rings. The van der Waals surface area contributed by atoms with Gasteiger partial charge in [0, 0.05) is 18.4 Å². The first-order valence-electron chi connectivity index (χ1n) is 4.55. The minimum atomic E-state index is -0.835. The number of ether oxygens (including phenoxy) is 1. The van der Waals surface area contributed by atoms with Crippen LogP contribution < -0.4 is 0 Å². The molecule has 1 aromatic rings. The van der Waals surface area contributed by atoms with Gasteiger partial charge in [-0.25, -0.2) is 4.39 Å². The van der Waals surface area contributed by atoms with Crippen molar-refractivity contribution in [3.63, 3.8) is 0 Å². The monoisotopic (exact) mass is 199 g/mol. The second kappa shape index (κ2) is 5.02. The van der Waals surface area contributed by atoms with Gasteiger partial charge in [-0.05, 0) is 19.9 Å². The van der Waals surface area contributed by atoms with Gasteiger partial charge in [0.2, 0.25) is 0 Å². The average Bonchev–Trinajstić information content (AvgIpc) is 2.17. The maximum Gasteiger partial charge on any atom is 0.141 e. The summed E-state index contributed by atoms with van der Waals surface area (Å²) in [5.74, 6) is -0.453. The summed E-state index contributed by atoms with van der Waals surface area (Å²) in [6.07, 6.45) is 1.34. The number of nitrogens with zero attached hydrogens (tertiary/aromatic N) is 1. The lowest BCUT2D eigenvalue weighted by Crippen LogP contribution is -2.18. The van der Waals surface area contributed by atoms with Crippen molar-refractivity contribution in [3.05, 3.63) is 29.8 Å². The van der Waals surface area contributed by atoms with Crippen molar-refractivity contribution in [2.45, 2.75) is 26.1 Å². The smallest absolute Gasteiger partial charge is 0.141 e. The van der Waals surface area contributed by atoms with Gasteiger partial charge in [-0.15, -0.1) is 0 Å². The molecule has 0 amide bonds. The van der Waals surface area contributed by atoms with Crippen LogP contribution in [0.3, 0.4) is 0 Å². The third kappa shape index (κ3) is 2.75. The molecule has 2 unspecified atom stereocenters. The lowest BCUT2D eigenvalue weighted by molar-refractivity contribution is -0.0230. The summed E-state index contributed by atoms with van der Waals surface area (Å²) >= 11 is 0. The fraction of sp³-hybridized carbons (Fsp3) is 0.500. The molecule has 78 valence electrons. The van der Waals surface area contributed by atoms with Crippen LogP contribution in [-0.4, -0.2) is 22.8 Å². The molecule has 1 rings (SSSR count). The van der Waals surface area contributed by atoms with Crippen LogP contribution in [0.5, 0.6) is 0 Å². The van der Waals surface area contributed by atoms with Crippen LogP contribution in [0.1, 0.15) is 25.5 Å². The summed E-state index contributed by atoms with van der Waals surface area (Å²) in [6, 6.07) is 1.26. The number of pyridine rings is 1. The SMILES string of the molecule is CCOC(C)C(O)c1cncc(F)c1. The van der Waals surface area contributed by atoms with Crippen LogP contribution >= 0.6 is 0 Å². The largest absolute Gasteiger partial charge is 0.386 e. The zero-order valence-electron chi connectivity index (χ0n) is 8.27. The highest BCUT2D eigenvalue weighted by Crippen LogP contribution is 2.18. The van der Waals surface area contributed by atoms with Gasteiger partial charge < -0.3 is 9.84 Å². The van der Waals surface area contributed by atoms with Crippen molar-refractivity contribution in [2.24, 2.45) is 0 Å². The molecule has 1 aromatic heterocycles. The molecule has 0 saturated carbocycles. The minimum absolute atomic E-state index is 0.358. The van der Waals surface area contributed by atoms with E-state index in [1.807, 2.05) is 6.92 Å². The van der Waals surface area contributed by atoms with Crippen molar-refractivity contribution in [3.8, 4) is 0 Å². The third-order valence-electron chi connectivity index (χ3n) is 1.94. The fourth-order valence-electron chi connectivity index (χ4n) is 1.22. The Hall–Kier alpha value is -1.00. The van der Waals surface area contributed by atoms with Gasteiger partial charge in [-0.1, -0.05) is 0 Å². The highest BCUT2D eigenvalue weighted by molar-refractivity contribution is 5.14. The molecule has 1 heterocycles. The van der Waals surface area contributed by atoms with Crippen LogP contribution in [-0.2, 0) is 4.74 Å². The first-order valence-corrected chi connectivity index (χ1v) is 4.55. The Labute approximate surface area is 82.5 Å². The van der Waals surface area contributed by atoms with E-state index in [1.54, 1.807) is 6.92 Å². The molecule has 0 spiro atoms. The summed E-state index contributed by atoms with van der Waals surface area (Å²) < 4.78 is 18.0. The quantitative estimate of drug-likeness (QED) is 0.802. The average molecular weight is 199 g/mol. The number of halogens is 1. The minimum Gasteiger partial charge on any atom is -0.386 e. The first-order chi connectivity index (χ1) is 6.65. The van der Waals surface area contributed by atoms with Crippen molar-refractivity contribution in [1.82, 2.24) is 4.98 Å². The summed E-state index contributed by atoms with van der Waals surface area (Å²) in [5.41, 5.74) is 0.436.